The number of imidazole rings is 1. The average Bonchev–Trinajstić information content (AvgIpc) is 3.38. The lowest BCUT2D eigenvalue weighted by molar-refractivity contribution is -0.138. The minimum absolute atomic E-state index is 0. The Hall–Kier alpha value is -2.04. The molecule has 1 aromatic carbocycles. The Balaban J connectivity index is 0.00000342. The maximum atomic E-state index is 11.2. The monoisotopic (exact) mass is 616 g/mol. The normalized spacial score (nSPS) is 23.6. The summed E-state index contributed by atoms with van der Waals surface area (Å²) in [6.07, 6.45) is 2.48. The van der Waals surface area contributed by atoms with Crippen LogP contribution in [-0.2, 0) is 31.8 Å². The largest absolute Gasteiger partial charge is 1.00 e. The molecule has 0 saturated carbocycles. The number of ether oxygens (including phenoxy) is 2. The van der Waals surface area contributed by atoms with E-state index in [1.165, 1.54) is 12.7 Å². The minimum atomic E-state index is -1.01. The van der Waals surface area contributed by atoms with Crippen LogP contribution >= 0.6 is 0 Å². The van der Waals surface area contributed by atoms with Gasteiger partial charge in [0.05, 0.1) is 19.2 Å². The van der Waals surface area contributed by atoms with Crippen molar-refractivity contribution < 1.29 is 48.5 Å². The van der Waals surface area contributed by atoms with Crippen molar-refractivity contribution in [3.8, 4) is 0 Å². The molecule has 2 aromatic heterocycles. The molecule has 1 fully saturated rings. The van der Waals surface area contributed by atoms with Gasteiger partial charge in [0.25, 0.3) is 0 Å². The fraction of sp³-hybridized carbons (Fsp3) is 0.455. The van der Waals surface area contributed by atoms with Crippen LogP contribution in [0.3, 0.4) is 0 Å². The number of nitrogens with zero attached hydrogens (tertiary/aromatic N) is 4. The van der Waals surface area contributed by atoms with Crippen LogP contribution in [0.1, 0.15) is 18.2 Å². The Kier molecular flexibility index (Phi) is 9.66. The van der Waals surface area contributed by atoms with Gasteiger partial charge in [-0.15, -0.1) is 0 Å². The van der Waals surface area contributed by atoms with E-state index in [2.05, 4.69) is 15.0 Å². The third-order valence-corrected chi connectivity index (χ3v) is 7.63. The van der Waals surface area contributed by atoms with Crippen LogP contribution < -0.4 is 35.4 Å². The summed E-state index contributed by atoms with van der Waals surface area (Å²) >= 11 is 0. The molecule has 190 valence electrons. The summed E-state index contributed by atoms with van der Waals surface area (Å²) in [6, 6.07) is 8.79. The molecule has 13 heteroatoms. The molecule has 6 N–H and O–H groups in total. The van der Waals surface area contributed by atoms with E-state index >= 15 is 0 Å². The zero-order valence-electron chi connectivity index (χ0n) is 19.1. The number of halogens is 1. The summed E-state index contributed by atoms with van der Waals surface area (Å²) in [5, 5.41) is 20.3. The Bertz CT molecular complexity index is 1120. The van der Waals surface area contributed by atoms with Crippen molar-refractivity contribution in [2.45, 2.75) is 43.6 Å². The summed E-state index contributed by atoms with van der Waals surface area (Å²) < 4.78 is 14.1. The molecule has 0 amide bonds. The number of aromatic nitrogens is 4. The first kappa shape index (κ1) is 27.5. The van der Waals surface area contributed by atoms with Gasteiger partial charge < -0.3 is 55.1 Å². The van der Waals surface area contributed by atoms with E-state index in [1.807, 2.05) is 36.6 Å². The van der Waals surface area contributed by atoms with E-state index in [0.717, 1.165) is 5.56 Å². The zero-order chi connectivity index (χ0) is 24.2. The summed E-state index contributed by atoms with van der Waals surface area (Å²) in [5.74, 6) is 0.455. The number of hydrogen-bond acceptors (Lipinski definition) is 9. The second-order valence-electron chi connectivity index (χ2n) is 8.29. The molecule has 0 spiro atoms. The second kappa shape index (κ2) is 12.3. The molecule has 11 nitrogen and oxygen atoms in total. The maximum absolute atomic E-state index is 11.2. The van der Waals surface area contributed by atoms with Crippen LogP contribution in [0.5, 0.6) is 0 Å². The number of carboxylic acids is 1. The highest BCUT2D eigenvalue weighted by Crippen LogP contribution is 2.35. The number of aliphatic hydroxyl groups is 1. The summed E-state index contributed by atoms with van der Waals surface area (Å²) in [7, 11) is -0.203. The molecule has 0 bridgehead atoms. The molecule has 3 heterocycles. The lowest BCUT2D eigenvalue weighted by Crippen LogP contribution is -3.00. The van der Waals surface area contributed by atoms with Crippen LogP contribution in [-0.4, -0.2) is 77.8 Å². The number of fused-ring (bicyclic) bond motifs is 1. The Labute approximate surface area is 222 Å². The second-order valence-corrected chi connectivity index (χ2v) is 10.6. The van der Waals surface area contributed by atoms with Crippen LogP contribution in [0.15, 0.2) is 43.0 Å². The first-order valence-electron chi connectivity index (χ1n) is 10.8. The van der Waals surface area contributed by atoms with Crippen LogP contribution in [0.4, 0.5) is 5.82 Å². The molecule has 6 atom stereocenters. The number of aliphatic hydroxyl groups excluding tert-OH is 1. The number of anilines is 1. The molecule has 35 heavy (non-hydrogen) atoms. The van der Waals surface area contributed by atoms with Gasteiger partial charge in [-0.2, -0.15) is 0 Å². The minimum Gasteiger partial charge on any atom is -1.00 e. The molecule has 0 radical (unpaired) electrons. The van der Waals surface area contributed by atoms with E-state index in [0.29, 0.717) is 35.7 Å². The van der Waals surface area contributed by atoms with E-state index in [9.17, 15) is 9.90 Å². The SMILES string of the molecule is C[S+](CC[C@H](N)C(=O)O)C[C@H]1O[C@@H](n2cnc3c(N)ncnc32)[C@H](O)[C@@H]1OCc1ccccc1.[I-]. The molecule has 1 aliphatic rings. The summed E-state index contributed by atoms with van der Waals surface area (Å²) in [4.78, 5) is 23.5. The first-order valence-corrected chi connectivity index (χ1v) is 12.8. The van der Waals surface area contributed by atoms with Crippen molar-refractivity contribution in [2.75, 3.05) is 23.5 Å². The Morgan fingerprint density at radius 2 is 2.03 bits per heavy atom. The predicted molar refractivity (Wildman–Crippen MR) is 128 cm³/mol. The Morgan fingerprint density at radius 1 is 1.29 bits per heavy atom. The number of carbonyl (C=O) groups is 1. The van der Waals surface area contributed by atoms with Crippen LogP contribution in [0.2, 0.25) is 0 Å². The highest BCUT2D eigenvalue weighted by molar-refractivity contribution is 7.96. The van der Waals surface area contributed by atoms with Crippen molar-refractivity contribution in [2.24, 2.45) is 5.73 Å². The van der Waals surface area contributed by atoms with Crippen molar-refractivity contribution in [3.05, 3.63) is 48.5 Å². The van der Waals surface area contributed by atoms with Gasteiger partial charge in [0.2, 0.25) is 0 Å². The molecule has 3 aromatic rings. The van der Waals surface area contributed by atoms with Crippen molar-refractivity contribution in [3.63, 3.8) is 0 Å². The van der Waals surface area contributed by atoms with Gasteiger partial charge >= 0.3 is 5.97 Å². The maximum Gasteiger partial charge on any atom is 0.320 e. The molecular formula is C22H29IN6O5S. The van der Waals surface area contributed by atoms with E-state index in [-0.39, 0.29) is 40.7 Å². The highest BCUT2D eigenvalue weighted by atomic mass is 127. The number of carboxylic acid groups (broad SMARTS) is 1. The third-order valence-electron chi connectivity index (χ3n) is 5.80. The quantitative estimate of drug-likeness (QED) is 0.139. The first-order chi connectivity index (χ1) is 16.3. The molecule has 4 rings (SSSR count). The Morgan fingerprint density at radius 3 is 2.74 bits per heavy atom. The standard InChI is InChI=1S/C22H28N6O5S.HI/c1-34(8-7-14(23)22(30)31)10-15-18(32-9-13-5-3-2-4-6-13)17(29)21(33-15)28-12-27-16-19(24)25-11-26-20(16)28;/h2-6,11-12,14-15,17-18,21,29H,7-10,23H2,1H3,(H2-,24,25,26,30,31);1H/t14-,15+,17+,18+,21+,34?;/m0./s1. The molecule has 0 aliphatic carbocycles. The van der Waals surface area contributed by atoms with Crippen LogP contribution in [0, 0.1) is 0 Å². The topological polar surface area (TPSA) is 172 Å². The molecule has 1 aliphatic heterocycles. The summed E-state index contributed by atoms with van der Waals surface area (Å²) in [6.45, 7) is 0.316. The third kappa shape index (κ3) is 6.40. The van der Waals surface area contributed by atoms with Gasteiger partial charge in [-0.3, -0.25) is 9.36 Å². The van der Waals surface area contributed by atoms with E-state index in [4.69, 9.17) is 26.0 Å². The predicted octanol–water partition coefficient (Wildman–Crippen LogP) is -2.69. The fourth-order valence-corrected chi connectivity index (χ4v) is 5.58. The van der Waals surface area contributed by atoms with Crippen molar-refractivity contribution >= 4 is 33.8 Å². The number of benzene rings is 1. The summed E-state index contributed by atoms with van der Waals surface area (Å²) in [5.41, 5.74) is 13.4. The lowest BCUT2D eigenvalue weighted by atomic mass is 10.1. The van der Waals surface area contributed by atoms with Gasteiger partial charge in [0.1, 0.15) is 47.7 Å². The van der Waals surface area contributed by atoms with Crippen molar-refractivity contribution in [1.29, 1.82) is 0 Å². The van der Waals surface area contributed by atoms with Gasteiger partial charge in [0.15, 0.2) is 17.7 Å². The fourth-order valence-electron chi connectivity index (χ4n) is 3.93. The highest BCUT2D eigenvalue weighted by Gasteiger charge is 2.48. The number of hydrogen-bond donors (Lipinski definition) is 4. The smallest absolute Gasteiger partial charge is 0.320 e. The van der Waals surface area contributed by atoms with Crippen LogP contribution in [0.25, 0.3) is 11.2 Å². The van der Waals surface area contributed by atoms with Gasteiger partial charge in [-0.25, -0.2) is 15.0 Å². The van der Waals surface area contributed by atoms with Crippen molar-refractivity contribution in [1.82, 2.24) is 19.5 Å². The zero-order valence-corrected chi connectivity index (χ0v) is 22.1. The van der Waals surface area contributed by atoms with E-state index < -0.39 is 36.6 Å². The van der Waals surface area contributed by atoms with E-state index in [1.54, 1.807) is 4.57 Å². The van der Waals surface area contributed by atoms with Gasteiger partial charge in [-0.1, -0.05) is 30.3 Å². The van der Waals surface area contributed by atoms with Gasteiger partial charge in [-0.05, 0) is 16.5 Å². The lowest BCUT2D eigenvalue weighted by Gasteiger charge is -2.20. The number of nitrogen functional groups attached to an aromatic ring is 1. The van der Waals surface area contributed by atoms with Gasteiger partial charge in [0, 0.05) is 6.42 Å². The molecular weight excluding hydrogens is 587 g/mol. The number of aliphatic carboxylic acids is 1. The number of nitrogens with two attached hydrogens (primary N) is 2. The average molecular weight is 616 g/mol. The molecule has 1 unspecified atom stereocenters. The molecule has 1 saturated heterocycles. The number of rotatable bonds is 10.